The number of benzene rings is 2. The average molecular weight is 323 g/mol. The number of esters is 1. The van der Waals surface area contributed by atoms with Crippen LogP contribution in [0.3, 0.4) is 0 Å². The summed E-state index contributed by atoms with van der Waals surface area (Å²) in [6.07, 6.45) is 0. The van der Waals surface area contributed by atoms with Gasteiger partial charge in [0.15, 0.2) is 0 Å². The third-order valence-electron chi connectivity index (χ3n) is 3.88. The van der Waals surface area contributed by atoms with Crippen molar-refractivity contribution in [1.29, 1.82) is 0 Å². The van der Waals surface area contributed by atoms with Crippen molar-refractivity contribution in [3.63, 3.8) is 0 Å². The summed E-state index contributed by atoms with van der Waals surface area (Å²) < 4.78 is 10.4. The van der Waals surface area contributed by atoms with Gasteiger partial charge in [0.1, 0.15) is 11.5 Å². The van der Waals surface area contributed by atoms with Gasteiger partial charge in [-0.2, -0.15) is 0 Å². The molecule has 5 heteroatoms. The number of nitrogens with zero attached hydrogens (tertiary/aromatic N) is 1. The van der Waals surface area contributed by atoms with Crippen LogP contribution in [0, 0.1) is 0 Å². The molecule has 1 aliphatic rings. The second kappa shape index (κ2) is 6.58. The number of hydrogen-bond acceptors (Lipinski definition) is 5. The Bertz CT molecular complexity index is 838. The quantitative estimate of drug-likeness (QED) is 0.533. The Kier molecular flexibility index (Phi) is 4.33. The number of fused-ring (bicyclic) bond motifs is 1. The van der Waals surface area contributed by atoms with Crippen LogP contribution >= 0.6 is 0 Å². The molecule has 2 aromatic carbocycles. The Morgan fingerprint density at radius 3 is 2.50 bits per heavy atom. The van der Waals surface area contributed by atoms with Gasteiger partial charge in [-0.1, -0.05) is 35.5 Å². The summed E-state index contributed by atoms with van der Waals surface area (Å²) in [7, 11) is 1.56. The summed E-state index contributed by atoms with van der Waals surface area (Å²) in [4.78, 5) is 12.5. The summed E-state index contributed by atoms with van der Waals surface area (Å²) in [6, 6.07) is 14.9. The highest BCUT2D eigenvalue weighted by atomic mass is 16.5. The maximum Gasteiger partial charge on any atom is 0.341 e. The first-order valence-corrected chi connectivity index (χ1v) is 7.59. The number of carbonyl (C=O) groups excluding carboxylic acids is 1. The van der Waals surface area contributed by atoms with Crippen molar-refractivity contribution in [2.24, 2.45) is 5.16 Å². The molecule has 0 saturated heterocycles. The number of carbonyl (C=O) groups is 1. The van der Waals surface area contributed by atoms with E-state index in [0.717, 1.165) is 11.1 Å². The van der Waals surface area contributed by atoms with E-state index in [2.05, 4.69) is 5.16 Å². The van der Waals surface area contributed by atoms with Gasteiger partial charge in [-0.3, -0.25) is 0 Å². The smallest absolute Gasteiger partial charge is 0.341 e. The van der Waals surface area contributed by atoms with Crippen LogP contribution < -0.4 is 4.74 Å². The molecule has 0 bridgehead atoms. The molecule has 0 radical (unpaired) electrons. The van der Waals surface area contributed by atoms with Gasteiger partial charge in [0, 0.05) is 11.1 Å². The largest absolute Gasteiger partial charge is 0.497 e. The zero-order chi connectivity index (χ0) is 17.1. The maximum absolute atomic E-state index is 12.5. The minimum Gasteiger partial charge on any atom is -0.497 e. The lowest BCUT2D eigenvalue weighted by Crippen LogP contribution is -2.15. The lowest BCUT2D eigenvalue weighted by atomic mass is 9.97. The van der Waals surface area contributed by atoms with E-state index in [9.17, 15) is 10.0 Å². The third-order valence-corrected chi connectivity index (χ3v) is 3.88. The van der Waals surface area contributed by atoms with Crippen molar-refractivity contribution in [3.8, 4) is 5.75 Å². The Morgan fingerprint density at radius 2 is 1.88 bits per heavy atom. The molecule has 2 aromatic rings. The van der Waals surface area contributed by atoms with Crippen LogP contribution in [0.5, 0.6) is 5.75 Å². The van der Waals surface area contributed by atoms with Crippen molar-refractivity contribution < 1.29 is 19.5 Å². The fourth-order valence-corrected chi connectivity index (χ4v) is 2.86. The molecule has 1 aliphatic carbocycles. The molecule has 3 rings (SSSR count). The molecule has 0 atom stereocenters. The predicted octanol–water partition coefficient (Wildman–Crippen LogP) is 3.25. The number of methoxy groups -OCH3 is 1. The van der Waals surface area contributed by atoms with Crippen molar-refractivity contribution in [2.75, 3.05) is 13.7 Å². The van der Waals surface area contributed by atoms with Crippen molar-refractivity contribution >= 4 is 17.3 Å². The Morgan fingerprint density at radius 1 is 1.12 bits per heavy atom. The average Bonchev–Trinajstić information content (AvgIpc) is 2.96. The van der Waals surface area contributed by atoms with Crippen LogP contribution in [0.15, 0.2) is 59.3 Å². The molecule has 0 spiro atoms. The second-order valence-electron chi connectivity index (χ2n) is 5.20. The Hall–Kier alpha value is -3.08. The highest BCUT2D eigenvalue weighted by Crippen LogP contribution is 2.39. The fourth-order valence-electron chi connectivity index (χ4n) is 2.86. The summed E-state index contributed by atoms with van der Waals surface area (Å²) in [5, 5.41) is 12.9. The number of hydrogen-bond donors (Lipinski definition) is 1. The molecule has 0 fully saturated rings. The highest BCUT2D eigenvalue weighted by Gasteiger charge is 2.34. The Balaban J connectivity index is 2.28. The first-order valence-electron chi connectivity index (χ1n) is 7.59. The first-order chi connectivity index (χ1) is 11.7. The van der Waals surface area contributed by atoms with Crippen LogP contribution in [0.25, 0.3) is 5.57 Å². The van der Waals surface area contributed by atoms with E-state index in [1.807, 2.05) is 42.5 Å². The van der Waals surface area contributed by atoms with Crippen LogP contribution in [0.4, 0.5) is 0 Å². The zero-order valence-corrected chi connectivity index (χ0v) is 13.4. The van der Waals surface area contributed by atoms with Gasteiger partial charge in [-0.25, -0.2) is 4.79 Å². The molecule has 0 heterocycles. The molecular formula is C19H17NO4. The molecule has 1 N–H and O–H groups in total. The van der Waals surface area contributed by atoms with Crippen LogP contribution in [-0.4, -0.2) is 30.6 Å². The third kappa shape index (κ3) is 2.54. The molecule has 24 heavy (non-hydrogen) atoms. The molecular weight excluding hydrogens is 306 g/mol. The van der Waals surface area contributed by atoms with Crippen molar-refractivity contribution in [2.45, 2.75) is 6.92 Å². The molecule has 122 valence electrons. The van der Waals surface area contributed by atoms with E-state index in [-0.39, 0.29) is 17.9 Å². The Labute approximate surface area is 139 Å². The summed E-state index contributed by atoms with van der Waals surface area (Å²) in [5.74, 6) is 0.103. The van der Waals surface area contributed by atoms with E-state index in [4.69, 9.17) is 9.47 Å². The van der Waals surface area contributed by atoms with Crippen molar-refractivity contribution in [3.05, 3.63) is 70.8 Å². The zero-order valence-electron chi connectivity index (χ0n) is 13.4. The molecule has 0 saturated carbocycles. The number of ether oxygens (including phenoxy) is 2. The maximum atomic E-state index is 12.5. The van der Waals surface area contributed by atoms with Gasteiger partial charge in [-0.15, -0.1) is 0 Å². The topological polar surface area (TPSA) is 68.1 Å². The van der Waals surface area contributed by atoms with E-state index in [0.29, 0.717) is 16.9 Å². The van der Waals surface area contributed by atoms with Gasteiger partial charge in [0.05, 0.1) is 19.3 Å². The van der Waals surface area contributed by atoms with Gasteiger partial charge in [0.25, 0.3) is 0 Å². The normalized spacial score (nSPS) is 14.7. The monoisotopic (exact) mass is 323 g/mol. The predicted molar refractivity (Wildman–Crippen MR) is 90.4 cm³/mol. The molecule has 0 amide bonds. The van der Waals surface area contributed by atoms with Gasteiger partial charge in [-0.05, 0) is 36.2 Å². The fraction of sp³-hybridized carbons (Fsp3) is 0.158. The number of oxime groups is 1. The molecule has 0 aromatic heterocycles. The standard InChI is InChI=1S/C19H17NO4/c1-3-24-19(21)17-16(12-7-5-4-6-8-12)14-10-9-13(23-2)11-15(14)18(17)20-22/h4-11,22H,3H2,1-2H3/b20-18-. The summed E-state index contributed by atoms with van der Waals surface area (Å²) in [5.41, 5.74) is 3.44. The number of rotatable bonds is 4. The van der Waals surface area contributed by atoms with Crippen molar-refractivity contribution in [1.82, 2.24) is 0 Å². The summed E-state index contributed by atoms with van der Waals surface area (Å²) >= 11 is 0. The lowest BCUT2D eigenvalue weighted by Gasteiger charge is -2.08. The summed E-state index contributed by atoms with van der Waals surface area (Å²) in [6.45, 7) is 1.98. The van der Waals surface area contributed by atoms with Gasteiger partial charge in [0.2, 0.25) is 0 Å². The van der Waals surface area contributed by atoms with Crippen LogP contribution in [-0.2, 0) is 9.53 Å². The second-order valence-corrected chi connectivity index (χ2v) is 5.20. The minimum atomic E-state index is -0.515. The van der Waals surface area contributed by atoms with E-state index in [1.54, 1.807) is 20.1 Å². The van der Waals surface area contributed by atoms with Crippen LogP contribution in [0.2, 0.25) is 0 Å². The van der Waals surface area contributed by atoms with Gasteiger partial charge < -0.3 is 14.7 Å². The van der Waals surface area contributed by atoms with E-state index >= 15 is 0 Å². The SMILES string of the molecule is CCOC(=O)C1=C(c2ccccc2)c2ccc(OC)cc2/C1=N/O. The minimum absolute atomic E-state index is 0.196. The molecule has 0 unspecified atom stereocenters. The lowest BCUT2D eigenvalue weighted by molar-refractivity contribution is -0.137. The van der Waals surface area contributed by atoms with E-state index in [1.165, 1.54) is 0 Å². The molecule has 0 aliphatic heterocycles. The van der Waals surface area contributed by atoms with E-state index < -0.39 is 5.97 Å². The first kappa shape index (κ1) is 15.8. The highest BCUT2D eigenvalue weighted by molar-refractivity contribution is 6.37. The van der Waals surface area contributed by atoms with Crippen LogP contribution in [0.1, 0.15) is 23.6 Å². The molecule has 5 nitrogen and oxygen atoms in total. The van der Waals surface area contributed by atoms with Gasteiger partial charge >= 0.3 is 5.97 Å².